The van der Waals surface area contributed by atoms with Gasteiger partial charge in [-0.15, -0.1) is 10.2 Å². The molecule has 7 nitrogen and oxygen atoms in total. The van der Waals surface area contributed by atoms with Crippen molar-refractivity contribution >= 4 is 40.0 Å². The van der Waals surface area contributed by atoms with Gasteiger partial charge in [-0.3, -0.25) is 9.59 Å². The second kappa shape index (κ2) is 9.82. The fourth-order valence-electron chi connectivity index (χ4n) is 3.68. The minimum Gasteiger partial charge on any atom is -0.347 e. The first-order valence-corrected chi connectivity index (χ1v) is 11.6. The lowest BCUT2D eigenvalue weighted by Gasteiger charge is -2.08. The van der Waals surface area contributed by atoms with Crippen LogP contribution in [-0.2, 0) is 24.3 Å². The van der Waals surface area contributed by atoms with Crippen molar-refractivity contribution in [3.63, 3.8) is 0 Å². The van der Waals surface area contributed by atoms with Gasteiger partial charge in [0.05, 0.1) is 12.2 Å². The Kier molecular flexibility index (Phi) is 6.70. The maximum absolute atomic E-state index is 13.0. The van der Waals surface area contributed by atoms with Crippen LogP contribution in [-0.4, -0.2) is 36.8 Å². The van der Waals surface area contributed by atoms with Gasteiger partial charge >= 0.3 is 0 Å². The zero-order chi connectivity index (χ0) is 22.5. The standard InChI is InChI=1S/C24H25N5O2S/c1-3-28-15-19(18-12-8-9-13-20(18)28)21(30)16-32-24-27-26-22(29(24)4-2)14-23(31)25-17-10-6-5-7-11-17/h5-13,15H,3-4,14,16H2,1-2H3,(H,25,31). The molecule has 1 amide bonds. The molecule has 8 heteroatoms. The molecule has 0 atom stereocenters. The van der Waals surface area contributed by atoms with Crippen LogP contribution >= 0.6 is 11.8 Å². The van der Waals surface area contributed by atoms with Gasteiger partial charge in [0.2, 0.25) is 5.91 Å². The molecule has 0 aliphatic rings. The van der Waals surface area contributed by atoms with Crippen LogP contribution in [0.1, 0.15) is 30.0 Å². The number of benzene rings is 2. The molecule has 1 N–H and O–H groups in total. The Labute approximate surface area is 190 Å². The number of amides is 1. The van der Waals surface area contributed by atoms with Crippen molar-refractivity contribution in [1.29, 1.82) is 0 Å². The lowest BCUT2D eigenvalue weighted by molar-refractivity contribution is -0.115. The van der Waals surface area contributed by atoms with Crippen molar-refractivity contribution in [2.75, 3.05) is 11.1 Å². The molecule has 0 aliphatic heterocycles. The van der Waals surface area contributed by atoms with Gasteiger partial charge in [0, 0.05) is 41.4 Å². The largest absolute Gasteiger partial charge is 0.347 e. The quantitative estimate of drug-likeness (QED) is 0.303. The highest BCUT2D eigenvalue weighted by Crippen LogP contribution is 2.25. The predicted molar refractivity (Wildman–Crippen MR) is 127 cm³/mol. The van der Waals surface area contributed by atoms with Gasteiger partial charge in [-0.05, 0) is 32.0 Å². The number of aromatic nitrogens is 4. The zero-order valence-corrected chi connectivity index (χ0v) is 18.9. The molecule has 0 bridgehead atoms. The molecule has 2 aromatic heterocycles. The summed E-state index contributed by atoms with van der Waals surface area (Å²) in [6, 6.07) is 17.3. The van der Waals surface area contributed by atoms with Gasteiger partial charge in [-0.25, -0.2) is 0 Å². The van der Waals surface area contributed by atoms with Crippen molar-refractivity contribution in [2.24, 2.45) is 0 Å². The molecule has 0 aliphatic carbocycles. The van der Waals surface area contributed by atoms with E-state index >= 15 is 0 Å². The number of hydrogen-bond donors (Lipinski definition) is 1. The number of fused-ring (bicyclic) bond motifs is 1. The number of anilines is 1. The van der Waals surface area contributed by atoms with E-state index in [1.54, 1.807) is 0 Å². The summed E-state index contributed by atoms with van der Waals surface area (Å²) in [5.41, 5.74) is 2.53. The number of carbonyl (C=O) groups excluding carboxylic acids is 2. The second-order valence-electron chi connectivity index (χ2n) is 7.29. The van der Waals surface area contributed by atoms with Crippen LogP contribution in [0.2, 0.25) is 0 Å². The normalized spacial score (nSPS) is 11.1. The van der Waals surface area contributed by atoms with E-state index in [4.69, 9.17) is 0 Å². The summed E-state index contributed by atoms with van der Waals surface area (Å²) in [5.74, 6) is 0.732. The summed E-state index contributed by atoms with van der Waals surface area (Å²) >= 11 is 1.35. The average Bonchev–Trinajstić information content (AvgIpc) is 3.38. The van der Waals surface area contributed by atoms with Crippen LogP contribution in [0.25, 0.3) is 10.9 Å². The molecule has 0 unspecified atom stereocenters. The minimum atomic E-state index is -0.154. The molecule has 0 fully saturated rings. The number of nitrogens with zero attached hydrogens (tertiary/aromatic N) is 4. The third-order valence-corrected chi connectivity index (χ3v) is 6.21. The highest BCUT2D eigenvalue weighted by Gasteiger charge is 2.18. The predicted octanol–water partition coefficient (Wildman–Crippen LogP) is 4.43. The van der Waals surface area contributed by atoms with Crippen molar-refractivity contribution in [3.05, 3.63) is 72.2 Å². The summed E-state index contributed by atoms with van der Waals surface area (Å²) in [7, 11) is 0. The summed E-state index contributed by atoms with van der Waals surface area (Å²) in [4.78, 5) is 25.4. The summed E-state index contributed by atoms with van der Waals surface area (Å²) < 4.78 is 3.98. The van der Waals surface area contributed by atoms with Crippen molar-refractivity contribution in [2.45, 2.75) is 38.5 Å². The Morgan fingerprint density at radius 2 is 1.72 bits per heavy atom. The van der Waals surface area contributed by atoms with Gasteiger partial charge in [-0.1, -0.05) is 48.2 Å². The van der Waals surface area contributed by atoms with E-state index < -0.39 is 0 Å². The molecule has 0 saturated heterocycles. The smallest absolute Gasteiger partial charge is 0.232 e. The number of rotatable bonds is 9. The first-order valence-electron chi connectivity index (χ1n) is 10.6. The maximum Gasteiger partial charge on any atom is 0.232 e. The fraction of sp³-hybridized carbons (Fsp3) is 0.250. The van der Waals surface area contributed by atoms with Crippen molar-refractivity contribution < 1.29 is 9.59 Å². The summed E-state index contributed by atoms with van der Waals surface area (Å²) in [5, 5.41) is 12.9. The van der Waals surface area contributed by atoms with Gasteiger partial charge < -0.3 is 14.5 Å². The number of carbonyl (C=O) groups is 2. The van der Waals surface area contributed by atoms with Gasteiger partial charge in [0.25, 0.3) is 0 Å². The highest BCUT2D eigenvalue weighted by molar-refractivity contribution is 7.99. The summed E-state index contributed by atoms with van der Waals surface area (Å²) in [6.45, 7) is 5.46. The first-order chi connectivity index (χ1) is 15.6. The molecule has 2 aromatic carbocycles. The van der Waals surface area contributed by atoms with Crippen LogP contribution in [0.3, 0.4) is 0 Å². The number of nitrogens with one attached hydrogen (secondary N) is 1. The number of thioether (sulfide) groups is 1. The topological polar surface area (TPSA) is 81.8 Å². The van der Waals surface area contributed by atoms with Crippen LogP contribution in [0, 0.1) is 0 Å². The number of para-hydroxylation sites is 2. The van der Waals surface area contributed by atoms with Crippen molar-refractivity contribution in [1.82, 2.24) is 19.3 Å². The molecule has 2 heterocycles. The molecule has 4 rings (SSSR count). The van der Waals surface area contributed by atoms with E-state index in [9.17, 15) is 9.59 Å². The second-order valence-corrected chi connectivity index (χ2v) is 8.23. The average molecular weight is 448 g/mol. The minimum absolute atomic E-state index is 0.0485. The van der Waals surface area contributed by atoms with E-state index in [0.29, 0.717) is 17.5 Å². The van der Waals surface area contributed by atoms with Crippen LogP contribution in [0.15, 0.2) is 66.0 Å². The molecule has 32 heavy (non-hydrogen) atoms. The molecule has 164 valence electrons. The molecule has 4 aromatic rings. The Bertz CT molecular complexity index is 1250. The Morgan fingerprint density at radius 1 is 0.969 bits per heavy atom. The Balaban J connectivity index is 1.45. The van der Waals surface area contributed by atoms with E-state index in [1.165, 1.54) is 11.8 Å². The van der Waals surface area contributed by atoms with Crippen molar-refractivity contribution in [3.8, 4) is 0 Å². The highest BCUT2D eigenvalue weighted by atomic mass is 32.2. The van der Waals surface area contributed by atoms with E-state index in [-0.39, 0.29) is 23.9 Å². The van der Waals surface area contributed by atoms with Gasteiger partial charge in [-0.2, -0.15) is 0 Å². The summed E-state index contributed by atoms with van der Waals surface area (Å²) in [6.07, 6.45) is 2.05. The van der Waals surface area contributed by atoms with E-state index in [2.05, 4.69) is 27.0 Å². The third-order valence-electron chi connectivity index (χ3n) is 5.25. The monoisotopic (exact) mass is 447 g/mol. The van der Waals surface area contributed by atoms with Gasteiger partial charge in [0.15, 0.2) is 10.9 Å². The lowest BCUT2D eigenvalue weighted by atomic mass is 10.1. The molecule has 0 saturated carbocycles. The fourth-order valence-corrected chi connectivity index (χ4v) is 4.59. The number of aryl methyl sites for hydroxylation is 1. The van der Waals surface area contributed by atoms with Crippen LogP contribution in [0.4, 0.5) is 5.69 Å². The van der Waals surface area contributed by atoms with E-state index in [1.807, 2.05) is 72.3 Å². The molecule has 0 radical (unpaired) electrons. The molecule has 0 spiro atoms. The molecular formula is C24H25N5O2S. The van der Waals surface area contributed by atoms with Crippen LogP contribution in [0.5, 0.6) is 0 Å². The third kappa shape index (κ3) is 4.60. The number of hydrogen-bond acceptors (Lipinski definition) is 5. The zero-order valence-electron chi connectivity index (χ0n) is 18.1. The van der Waals surface area contributed by atoms with Crippen LogP contribution < -0.4 is 5.32 Å². The SMILES string of the molecule is CCn1c(CC(=O)Nc2ccccc2)nnc1SCC(=O)c1cn(CC)c2ccccc12. The Morgan fingerprint density at radius 3 is 2.47 bits per heavy atom. The lowest BCUT2D eigenvalue weighted by Crippen LogP contribution is -2.17. The Hall–Kier alpha value is -3.39. The van der Waals surface area contributed by atoms with Gasteiger partial charge in [0.1, 0.15) is 5.82 Å². The first kappa shape index (κ1) is 21.8. The maximum atomic E-state index is 13.0. The number of Topliss-reactive ketones (excluding diaryl/α,β-unsaturated/α-hetero) is 1. The van der Waals surface area contributed by atoms with E-state index in [0.717, 1.165) is 28.7 Å². The molecular weight excluding hydrogens is 422 g/mol. The number of ketones is 1.